The Kier molecular flexibility index (Phi) is 30.7. The Hall–Kier alpha value is -0.830. The first-order valence-electron chi connectivity index (χ1n) is 16.5. The molecule has 0 aromatic heterocycles. The van der Waals surface area contributed by atoms with Gasteiger partial charge in [-0.05, 0) is 19.8 Å². The van der Waals surface area contributed by atoms with Crippen molar-refractivity contribution in [3.05, 3.63) is 12.2 Å². The standard InChI is InChI=1S/C34H66O3/c1-33(2)34(35)37-32-30-28-26-24-22-20-18-16-14-12-10-8-6-4-5-7-9-11-13-15-17-19-21-23-25-27-29-31-36-3/h1,4-32H2,2-3H3. The highest BCUT2D eigenvalue weighted by molar-refractivity contribution is 5.86. The number of methoxy groups -OCH3 is 1. The van der Waals surface area contributed by atoms with Gasteiger partial charge in [0.05, 0.1) is 6.61 Å². The summed E-state index contributed by atoms with van der Waals surface area (Å²) in [5.41, 5.74) is 0.494. The molecule has 0 aliphatic carbocycles. The van der Waals surface area contributed by atoms with E-state index in [1.165, 1.54) is 167 Å². The molecule has 0 atom stereocenters. The van der Waals surface area contributed by atoms with Crippen LogP contribution in [0.2, 0.25) is 0 Å². The molecule has 0 radical (unpaired) electrons. The molecule has 0 bridgehead atoms. The molecular weight excluding hydrogens is 456 g/mol. The molecule has 37 heavy (non-hydrogen) atoms. The number of hydrogen-bond acceptors (Lipinski definition) is 3. The third-order valence-corrected chi connectivity index (χ3v) is 7.57. The third kappa shape index (κ3) is 31.3. The molecule has 0 spiro atoms. The molecule has 0 saturated carbocycles. The summed E-state index contributed by atoms with van der Waals surface area (Å²) in [5.74, 6) is -0.252. The second-order valence-electron chi connectivity index (χ2n) is 11.5. The highest BCUT2D eigenvalue weighted by Crippen LogP contribution is 2.16. The second kappa shape index (κ2) is 31.4. The average molecular weight is 523 g/mol. The number of carbonyl (C=O) groups is 1. The van der Waals surface area contributed by atoms with Crippen LogP contribution in [-0.4, -0.2) is 26.3 Å². The molecule has 0 unspecified atom stereocenters. The maximum Gasteiger partial charge on any atom is 0.333 e. The lowest BCUT2D eigenvalue weighted by Crippen LogP contribution is -2.05. The van der Waals surface area contributed by atoms with Crippen LogP contribution in [0.4, 0.5) is 0 Å². The first kappa shape index (κ1) is 36.2. The summed E-state index contributed by atoms with van der Waals surface area (Å²) in [6, 6.07) is 0. The molecule has 0 amide bonds. The van der Waals surface area contributed by atoms with Crippen molar-refractivity contribution < 1.29 is 14.3 Å². The summed E-state index contributed by atoms with van der Waals surface area (Å²) in [5, 5.41) is 0. The van der Waals surface area contributed by atoms with Gasteiger partial charge in [0.2, 0.25) is 0 Å². The highest BCUT2D eigenvalue weighted by atomic mass is 16.5. The Labute approximate surface area is 232 Å². The molecule has 0 rings (SSSR count). The summed E-state index contributed by atoms with van der Waals surface area (Å²) in [4.78, 5) is 11.3. The molecule has 3 nitrogen and oxygen atoms in total. The highest BCUT2D eigenvalue weighted by Gasteiger charge is 2.02. The Balaban J connectivity index is 3.05. The van der Waals surface area contributed by atoms with Crippen LogP contribution in [0.1, 0.15) is 180 Å². The topological polar surface area (TPSA) is 35.5 Å². The molecule has 0 heterocycles. The van der Waals surface area contributed by atoms with Crippen LogP contribution in [0, 0.1) is 0 Å². The van der Waals surface area contributed by atoms with Gasteiger partial charge in [-0.25, -0.2) is 4.79 Å². The van der Waals surface area contributed by atoms with E-state index in [1.54, 1.807) is 14.0 Å². The smallest absolute Gasteiger partial charge is 0.333 e. The summed E-state index contributed by atoms with van der Waals surface area (Å²) in [6.45, 7) is 6.78. The molecule has 0 saturated heterocycles. The molecule has 0 fully saturated rings. The van der Waals surface area contributed by atoms with Crippen LogP contribution < -0.4 is 0 Å². The van der Waals surface area contributed by atoms with E-state index in [9.17, 15) is 4.79 Å². The van der Waals surface area contributed by atoms with Crippen LogP contribution >= 0.6 is 0 Å². The zero-order valence-corrected chi connectivity index (χ0v) is 25.4. The van der Waals surface area contributed by atoms with Gasteiger partial charge in [0.15, 0.2) is 0 Å². The van der Waals surface area contributed by atoms with Crippen LogP contribution in [0.5, 0.6) is 0 Å². The summed E-state index contributed by atoms with van der Waals surface area (Å²) >= 11 is 0. The lowest BCUT2D eigenvalue weighted by Gasteiger charge is -2.05. The van der Waals surface area contributed by atoms with Crippen LogP contribution in [0.3, 0.4) is 0 Å². The molecule has 0 N–H and O–H groups in total. The quantitative estimate of drug-likeness (QED) is 0.0516. The van der Waals surface area contributed by atoms with Crippen molar-refractivity contribution in [2.24, 2.45) is 0 Å². The zero-order chi connectivity index (χ0) is 27.1. The maximum absolute atomic E-state index is 11.3. The summed E-state index contributed by atoms with van der Waals surface area (Å²) < 4.78 is 10.2. The minimum Gasteiger partial charge on any atom is -0.462 e. The van der Waals surface area contributed by atoms with E-state index in [0.717, 1.165) is 13.0 Å². The average Bonchev–Trinajstić information content (AvgIpc) is 2.89. The lowest BCUT2D eigenvalue weighted by molar-refractivity contribution is -0.139. The Morgan fingerprint density at radius 1 is 0.432 bits per heavy atom. The van der Waals surface area contributed by atoms with Gasteiger partial charge in [-0.3, -0.25) is 0 Å². The van der Waals surface area contributed by atoms with Crippen LogP contribution in [0.15, 0.2) is 12.2 Å². The first-order chi connectivity index (χ1) is 18.2. The monoisotopic (exact) mass is 523 g/mol. The number of carbonyl (C=O) groups excluding carboxylic acids is 1. The van der Waals surface area contributed by atoms with Crippen molar-refractivity contribution in [1.82, 2.24) is 0 Å². The van der Waals surface area contributed by atoms with E-state index in [-0.39, 0.29) is 5.97 Å². The fourth-order valence-electron chi connectivity index (χ4n) is 5.06. The van der Waals surface area contributed by atoms with E-state index in [0.29, 0.717) is 12.2 Å². The molecule has 0 aromatic carbocycles. The minimum atomic E-state index is -0.252. The van der Waals surface area contributed by atoms with E-state index < -0.39 is 0 Å². The third-order valence-electron chi connectivity index (χ3n) is 7.57. The van der Waals surface area contributed by atoms with E-state index >= 15 is 0 Å². The van der Waals surface area contributed by atoms with Gasteiger partial charge in [-0.15, -0.1) is 0 Å². The fraction of sp³-hybridized carbons (Fsp3) is 0.912. The lowest BCUT2D eigenvalue weighted by atomic mass is 10.0. The molecule has 0 aliphatic rings. The Morgan fingerprint density at radius 2 is 0.649 bits per heavy atom. The van der Waals surface area contributed by atoms with Gasteiger partial charge in [0.1, 0.15) is 0 Å². The molecular formula is C34H66O3. The van der Waals surface area contributed by atoms with Crippen molar-refractivity contribution in [2.75, 3.05) is 20.3 Å². The number of ether oxygens (including phenoxy) is 2. The van der Waals surface area contributed by atoms with Crippen molar-refractivity contribution in [1.29, 1.82) is 0 Å². The van der Waals surface area contributed by atoms with E-state index in [4.69, 9.17) is 9.47 Å². The van der Waals surface area contributed by atoms with Crippen molar-refractivity contribution >= 4 is 5.97 Å². The van der Waals surface area contributed by atoms with Gasteiger partial charge in [0, 0.05) is 19.3 Å². The Morgan fingerprint density at radius 3 is 0.865 bits per heavy atom. The number of esters is 1. The van der Waals surface area contributed by atoms with Gasteiger partial charge >= 0.3 is 5.97 Å². The number of rotatable bonds is 31. The summed E-state index contributed by atoms with van der Waals surface area (Å²) in [6.07, 6.45) is 37.5. The van der Waals surface area contributed by atoms with Gasteiger partial charge in [-0.1, -0.05) is 167 Å². The SMILES string of the molecule is C=C(C)C(=O)OCCCCCCCCCCCCCCCCCCCCCCCCCCCCCOC. The van der Waals surface area contributed by atoms with Gasteiger partial charge in [0.25, 0.3) is 0 Å². The first-order valence-corrected chi connectivity index (χ1v) is 16.5. The number of unbranched alkanes of at least 4 members (excludes halogenated alkanes) is 26. The molecule has 0 aromatic rings. The minimum absolute atomic E-state index is 0.252. The predicted molar refractivity (Wildman–Crippen MR) is 162 cm³/mol. The van der Waals surface area contributed by atoms with Crippen molar-refractivity contribution in [3.8, 4) is 0 Å². The van der Waals surface area contributed by atoms with Gasteiger partial charge in [-0.2, -0.15) is 0 Å². The second-order valence-corrected chi connectivity index (χ2v) is 11.5. The maximum atomic E-state index is 11.3. The van der Waals surface area contributed by atoms with Crippen LogP contribution in [-0.2, 0) is 14.3 Å². The summed E-state index contributed by atoms with van der Waals surface area (Å²) in [7, 11) is 1.80. The van der Waals surface area contributed by atoms with Crippen LogP contribution in [0.25, 0.3) is 0 Å². The van der Waals surface area contributed by atoms with Crippen molar-refractivity contribution in [3.63, 3.8) is 0 Å². The van der Waals surface area contributed by atoms with Crippen molar-refractivity contribution in [2.45, 2.75) is 180 Å². The van der Waals surface area contributed by atoms with Gasteiger partial charge < -0.3 is 9.47 Å². The fourth-order valence-corrected chi connectivity index (χ4v) is 5.06. The number of hydrogen-bond donors (Lipinski definition) is 0. The zero-order valence-electron chi connectivity index (χ0n) is 25.4. The Bertz CT molecular complexity index is 474. The molecule has 220 valence electrons. The largest absolute Gasteiger partial charge is 0.462 e. The van der Waals surface area contributed by atoms with E-state index in [1.807, 2.05) is 0 Å². The molecule has 3 heteroatoms. The normalized spacial score (nSPS) is 11.2. The molecule has 0 aliphatic heterocycles. The predicted octanol–water partition coefficient (Wildman–Crippen LogP) is 11.3. The van der Waals surface area contributed by atoms with E-state index in [2.05, 4.69) is 6.58 Å².